The first-order valence-electron chi connectivity index (χ1n) is 5.86. The number of H-pyrrole nitrogens is 1. The smallest absolute Gasteiger partial charge is 0.251 e. The zero-order valence-corrected chi connectivity index (χ0v) is 11.8. The number of benzene rings is 1. The summed E-state index contributed by atoms with van der Waals surface area (Å²) in [6.45, 7) is 1.97. The van der Waals surface area contributed by atoms with Gasteiger partial charge in [-0.2, -0.15) is 0 Å². The van der Waals surface area contributed by atoms with Gasteiger partial charge < -0.3 is 10.3 Å². The van der Waals surface area contributed by atoms with Crippen LogP contribution in [0.25, 0.3) is 0 Å². The Morgan fingerprint density at radius 3 is 2.58 bits per heavy atom. The Morgan fingerprint density at radius 2 is 2.05 bits per heavy atom. The first kappa shape index (κ1) is 13.9. The number of hydrogen-bond acceptors (Lipinski definition) is 2. The molecular weight excluding hydrogens is 285 g/mol. The molecule has 1 heterocycles. The van der Waals surface area contributed by atoms with E-state index in [9.17, 15) is 4.79 Å². The second kappa shape index (κ2) is 6.08. The van der Waals surface area contributed by atoms with Crippen molar-refractivity contribution >= 4 is 29.1 Å². The second-order valence-electron chi connectivity index (χ2n) is 4.07. The monoisotopic (exact) mass is 297 g/mol. The maximum Gasteiger partial charge on any atom is 0.251 e. The number of aromatic nitrogens is 2. The van der Waals surface area contributed by atoms with E-state index in [2.05, 4.69) is 15.3 Å². The van der Waals surface area contributed by atoms with Gasteiger partial charge in [-0.25, -0.2) is 4.98 Å². The molecule has 0 radical (unpaired) electrons. The van der Waals surface area contributed by atoms with Crippen molar-refractivity contribution in [2.24, 2.45) is 0 Å². The molecule has 1 aromatic carbocycles. The highest BCUT2D eigenvalue weighted by Crippen LogP contribution is 2.20. The van der Waals surface area contributed by atoms with Crippen LogP contribution in [0.3, 0.4) is 0 Å². The number of imidazole rings is 1. The highest BCUT2D eigenvalue weighted by atomic mass is 35.5. The van der Waals surface area contributed by atoms with Gasteiger partial charge in [0.15, 0.2) is 0 Å². The van der Waals surface area contributed by atoms with Crippen molar-refractivity contribution < 1.29 is 4.79 Å². The van der Waals surface area contributed by atoms with Gasteiger partial charge in [0.2, 0.25) is 0 Å². The minimum Gasteiger partial charge on any atom is -0.347 e. The third-order valence-corrected chi connectivity index (χ3v) is 3.12. The summed E-state index contributed by atoms with van der Waals surface area (Å²) in [7, 11) is 0. The Bertz CT molecular complexity index is 549. The van der Waals surface area contributed by atoms with E-state index in [0.717, 1.165) is 12.2 Å². The first-order valence-corrected chi connectivity index (χ1v) is 6.62. The summed E-state index contributed by atoms with van der Waals surface area (Å²) in [5.74, 6) is 0.497. The van der Waals surface area contributed by atoms with Crippen LogP contribution in [-0.4, -0.2) is 15.9 Å². The van der Waals surface area contributed by atoms with Crippen LogP contribution in [-0.2, 0) is 0 Å². The first-order chi connectivity index (χ1) is 9.10. The molecule has 0 aliphatic carbocycles. The van der Waals surface area contributed by atoms with Gasteiger partial charge in [-0.3, -0.25) is 4.79 Å². The number of halogens is 2. The highest BCUT2D eigenvalue weighted by molar-refractivity contribution is 6.35. The standard InChI is InChI=1S/C13H13Cl2N3O/c1-2-11(12-16-3-4-17-12)18-13(19)8-5-9(14)7-10(15)6-8/h3-7,11H,2H2,1H3,(H,16,17)(H,18,19). The maximum atomic E-state index is 12.1. The lowest BCUT2D eigenvalue weighted by atomic mass is 10.1. The Balaban J connectivity index is 2.15. The van der Waals surface area contributed by atoms with Gasteiger partial charge in [0, 0.05) is 28.0 Å². The fourth-order valence-electron chi connectivity index (χ4n) is 1.76. The van der Waals surface area contributed by atoms with Gasteiger partial charge >= 0.3 is 0 Å². The summed E-state index contributed by atoms with van der Waals surface area (Å²) in [4.78, 5) is 19.3. The molecule has 4 nitrogen and oxygen atoms in total. The van der Waals surface area contributed by atoms with Crippen LogP contribution in [0.2, 0.25) is 10.0 Å². The molecule has 1 atom stereocenters. The Morgan fingerprint density at radius 1 is 1.37 bits per heavy atom. The molecule has 1 unspecified atom stereocenters. The third-order valence-electron chi connectivity index (χ3n) is 2.69. The molecule has 100 valence electrons. The fourth-order valence-corrected chi connectivity index (χ4v) is 2.28. The largest absolute Gasteiger partial charge is 0.347 e. The van der Waals surface area contributed by atoms with E-state index in [-0.39, 0.29) is 11.9 Å². The summed E-state index contributed by atoms with van der Waals surface area (Å²) in [5, 5.41) is 3.76. The number of rotatable bonds is 4. The van der Waals surface area contributed by atoms with E-state index in [1.807, 2.05) is 6.92 Å². The van der Waals surface area contributed by atoms with Crippen molar-refractivity contribution in [3.63, 3.8) is 0 Å². The van der Waals surface area contributed by atoms with Crippen LogP contribution in [0.15, 0.2) is 30.6 Å². The number of nitrogens with one attached hydrogen (secondary N) is 2. The topological polar surface area (TPSA) is 57.8 Å². The molecule has 2 rings (SSSR count). The molecule has 0 fully saturated rings. The quantitative estimate of drug-likeness (QED) is 0.906. The Kier molecular flexibility index (Phi) is 4.45. The van der Waals surface area contributed by atoms with Crippen LogP contribution in [0.4, 0.5) is 0 Å². The van der Waals surface area contributed by atoms with Crippen molar-refractivity contribution in [1.29, 1.82) is 0 Å². The molecule has 0 spiro atoms. The molecule has 0 aliphatic rings. The molecule has 19 heavy (non-hydrogen) atoms. The molecule has 2 aromatic rings. The predicted molar refractivity (Wildman–Crippen MR) is 75.5 cm³/mol. The van der Waals surface area contributed by atoms with Crippen LogP contribution in [0, 0.1) is 0 Å². The number of aromatic amines is 1. The zero-order valence-electron chi connectivity index (χ0n) is 10.3. The van der Waals surface area contributed by atoms with Gasteiger partial charge in [-0.15, -0.1) is 0 Å². The van der Waals surface area contributed by atoms with Crippen molar-refractivity contribution in [3.8, 4) is 0 Å². The summed E-state index contributed by atoms with van der Waals surface area (Å²) < 4.78 is 0. The van der Waals surface area contributed by atoms with Gasteiger partial charge in [-0.05, 0) is 24.6 Å². The van der Waals surface area contributed by atoms with Crippen molar-refractivity contribution in [1.82, 2.24) is 15.3 Å². The molecule has 1 aromatic heterocycles. The van der Waals surface area contributed by atoms with E-state index in [1.54, 1.807) is 30.6 Å². The van der Waals surface area contributed by atoms with Crippen molar-refractivity contribution in [3.05, 3.63) is 52.0 Å². The van der Waals surface area contributed by atoms with Gasteiger partial charge in [-0.1, -0.05) is 30.1 Å². The maximum absolute atomic E-state index is 12.1. The minimum absolute atomic E-state index is 0.166. The lowest BCUT2D eigenvalue weighted by Crippen LogP contribution is -2.28. The lowest BCUT2D eigenvalue weighted by Gasteiger charge is -2.14. The second-order valence-corrected chi connectivity index (χ2v) is 4.94. The van der Waals surface area contributed by atoms with Crippen LogP contribution < -0.4 is 5.32 Å². The number of amides is 1. The highest BCUT2D eigenvalue weighted by Gasteiger charge is 2.16. The summed E-state index contributed by atoms with van der Waals surface area (Å²) in [6.07, 6.45) is 4.11. The molecule has 1 amide bonds. The number of carbonyl (C=O) groups is 1. The SMILES string of the molecule is CCC(NC(=O)c1cc(Cl)cc(Cl)c1)c1ncc[nH]1. The molecule has 0 aliphatic heterocycles. The third kappa shape index (κ3) is 3.49. The average molecular weight is 298 g/mol. The molecule has 6 heteroatoms. The summed E-state index contributed by atoms with van der Waals surface area (Å²) in [6, 6.07) is 4.58. The van der Waals surface area contributed by atoms with Gasteiger partial charge in [0.05, 0.1) is 6.04 Å². The van der Waals surface area contributed by atoms with E-state index in [4.69, 9.17) is 23.2 Å². The predicted octanol–water partition coefficient (Wildman–Crippen LogP) is 3.60. The Hall–Kier alpha value is -1.52. The van der Waals surface area contributed by atoms with E-state index in [0.29, 0.717) is 15.6 Å². The van der Waals surface area contributed by atoms with E-state index in [1.165, 1.54) is 0 Å². The molecule has 2 N–H and O–H groups in total. The molecule has 0 saturated heterocycles. The van der Waals surface area contributed by atoms with Crippen LogP contribution in [0.1, 0.15) is 35.6 Å². The summed E-state index contributed by atoms with van der Waals surface area (Å²) in [5.41, 5.74) is 0.433. The number of nitrogens with zero attached hydrogens (tertiary/aromatic N) is 1. The number of carbonyl (C=O) groups excluding carboxylic acids is 1. The van der Waals surface area contributed by atoms with E-state index >= 15 is 0 Å². The number of hydrogen-bond donors (Lipinski definition) is 2. The van der Waals surface area contributed by atoms with Crippen molar-refractivity contribution in [2.75, 3.05) is 0 Å². The molecular formula is C13H13Cl2N3O. The molecule has 0 saturated carbocycles. The van der Waals surface area contributed by atoms with Gasteiger partial charge in [0.25, 0.3) is 5.91 Å². The normalized spacial score (nSPS) is 12.2. The van der Waals surface area contributed by atoms with E-state index < -0.39 is 0 Å². The van der Waals surface area contributed by atoms with Crippen LogP contribution >= 0.6 is 23.2 Å². The van der Waals surface area contributed by atoms with Gasteiger partial charge in [0.1, 0.15) is 5.82 Å². The average Bonchev–Trinajstić information content (AvgIpc) is 2.88. The van der Waals surface area contributed by atoms with Crippen LogP contribution in [0.5, 0.6) is 0 Å². The molecule has 0 bridgehead atoms. The Labute approximate surface area is 121 Å². The summed E-state index contributed by atoms with van der Waals surface area (Å²) >= 11 is 11.8. The lowest BCUT2D eigenvalue weighted by molar-refractivity contribution is 0.0934. The van der Waals surface area contributed by atoms with Crippen molar-refractivity contribution in [2.45, 2.75) is 19.4 Å². The fraction of sp³-hybridized carbons (Fsp3) is 0.231. The minimum atomic E-state index is -0.229. The zero-order chi connectivity index (χ0) is 13.8.